The van der Waals surface area contributed by atoms with E-state index in [1.165, 1.54) is 6.92 Å². The molecule has 0 saturated carbocycles. The van der Waals surface area contributed by atoms with Gasteiger partial charge in [0.05, 0.1) is 0 Å². The number of hydrogen-bond donors (Lipinski definition) is 1. The monoisotopic (exact) mass is 465 g/mol. The summed E-state index contributed by atoms with van der Waals surface area (Å²) in [5.74, 6) is -0.409. The van der Waals surface area contributed by atoms with Gasteiger partial charge in [0.1, 0.15) is 0 Å². The van der Waals surface area contributed by atoms with Crippen molar-refractivity contribution in [2.45, 2.75) is 98.4 Å². The predicted octanol–water partition coefficient (Wildman–Crippen LogP) is 6.95. The van der Waals surface area contributed by atoms with Crippen LogP contribution in [0.25, 0.3) is 0 Å². The number of amides is 1. The van der Waals surface area contributed by atoms with Crippen molar-refractivity contribution in [3.63, 3.8) is 0 Å². The second kappa shape index (κ2) is 14.7. The average molecular weight is 466 g/mol. The topological polar surface area (TPSA) is 55.4 Å². The first kappa shape index (κ1) is 28.6. The van der Waals surface area contributed by atoms with Crippen LogP contribution in [0.1, 0.15) is 91.5 Å². The van der Waals surface area contributed by atoms with Crippen LogP contribution in [0.4, 0.5) is 0 Å². The van der Waals surface area contributed by atoms with Gasteiger partial charge in [-0.05, 0) is 0 Å². The first-order valence-electron chi connectivity index (χ1n) is 12.9. The van der Waals surface area contributed by atoms with Crippen LogP contribution in [-0.4, -0.2) is 42.6 Å². The fourth-order valence-corrected chi connectivity index (χ4v) is 11.5. The summed E-state index contributed by atoms with van der Waals surface area (Å²) in [6.07, 6.45) is 13.5. The second-order valence-electron chi connectivity index (χ2n) is 9.52. The van der Waals surface area contributed by atoms with Crippen LogP contribution in [0, 0.1) is 0 Å². The van der Waals surface area contributed by atoms with Crippen LogP contribution in [0.2, 0.25) is 0 Å². The van der Waals surface area contributed by atoms with Gasteiger partial charge in [0.15, 0.2) is 0 Å². The summed E-state index contributed by atoms with van der Waals surface area (Å²) in [7, 11) is 0. The molecule has 4 nitrogen and oxygen atoms in total. The van der Waals surface area contributed by atoms with Gasteiger partial charge in [0.25, 0.3) is 0 Å². The molecule has 32 heavy (non-hydrogen) atoms. The molecular weight excluding hydrogens is 417 g/mol. The second-order valence-corrected chi connectivity index (χ2v) is 15.2. The summed E-state index contributed by atoms with van der Waals surface area (Å²) < 4.78 is 6.85. The quantitative estimate of drug-likeness (QED) is 0.253. The summed E-state index contributed by atoms with van der Waals surface area (Å²) >= 11 is 0. The van der Waals surface area contributed by atoms with Crippen molar-refractivity contribution in [3.05, 3.63) is 35.9 Å². The van der Waals surface area contributed by atoms with Crippen molar-refractivity contribution in [2.75, 3.05) is 24.6 Å². The molecule has 1 rings (SSSR count). The van der Waals surface area contributed by atoms with Gasteiger partial charge in [-0.25, -0.2) is 0 Å². The molecule has 0 radical (unpaired) electrons. The van der Waals surface area contributed by atoms with Crippen LogP contribution in [-0.2, 0) is 20.5 Å². The number of carbonyl (C=O) groups excluding carboxylic acids is 2. The van der Waals surface area contributed by atoms with Crippen molar-refractivity contribution in [2.24, 2.45) is 0 Å². The Morgan fingerprint density at radius 2 is 1.25 bits per heavy atom. The Morgan fingerprint density at radius 3 is 1.62 bits per heavy atom. The van der Waals surface area contributed by atoms with E-state index in [-0.39, 0.29) is 11.9 Å². The zero-order valence-electron chi connectivity index (χ0n) is 21.3. The molecule has 0 bridgehead atoms. The van der Waals surface area contributed by atoms with Crippen molar-refractivity contribution < 1.29 is 14.1 Å². The third-order valence-corrected chi connectivity index (χ3v) is 13.1. The van der Waals surface area contributed by atoms with Gasteiger partial charge in [-0.2, -0.15) is 0 Å². The first-order chi connectivity index (χ1) is 15.3. The van der Waals surface area contributed by atoms with E-state index < -0.39 is 12.9 Å². The molecule has 5 heteroatoms. The molecular formula is C27H48NO3P. The molecule has 0 spiro atoms. The van der Waals surface area contributed by atoms with Crippen LogP contribution in [0.15, 0.2) is 30.3 Å². The first-order valence-corrected chi connectivity index (χ1v) is 15.8. The summed E-state index contributed by atoms with van der Waals surface area (Å²) in [5.41, 5.74) is 1.03. The molecule has 184 valence electrons. The molecule has 0 saturated heterocycles. The SMILES string of the molecule is CCCCP(CCCC)(CCCC)(CCCC)OC(=O)[C@@H](Cc1ccccc1)NC(C)=O. The molecule has 1 amide bonds. The van der Waals surface area contributed by atoms with Crippen LogP contribution in [0.5, 0.6) is 0 Å². The number of carbonyl (C=O) groups is 2. The van der Waals surface area contributed by atoms with E-state index in [0.717, 1.165) is 81.6 Å². The maximum atomic E-state index is 13.8. The zero-order chi connectivity index (χ0) is 23.9. The number of rotatable bonds is 17. The van der Waals surface area contributed by atoms with Crippen LogP contribution in [0.3, 0.4) is 0 Å². The van der Waals surface area contributed by atoms with Gasteiger partial charge in [0.2, 0.25) is 0 Å². The fourth-order valence-electron chi connectivity index (χ4n) is 4.69. The number of hydrogen-bond acceptors (Lipinski definition) is 3. The molecule has 0 aliphatic heterocycles. The van der Waals surface area contributed by atoms with Gasteiger partial charge in [-0.1, -0.05) is 0 Å². The van der Waals surface area contributed by atoms with Crippen LogP contribution >= 0.6 is 6.83 Å². The van der Waals surface area contributed by atoms with Crippen molar-refractivity contribution in [1.82, 2.24) is 5.32 Å². The Bertz CT molecular complexity index is 633. The van der Waals surface area contributed by atoms with Crippen molar-refractivity contribution >= 4 is 18.7 Å². The zero-order valence-corrected chi connectivity index (χ0v) is 22.2. The molecule has 0 fully saturated rings. The van der Waals surface area contributed by atoms with Gasteiger partial charge >= 0.3 is 197 Å². The summed E-state index contributed by atoms with van der Waals surface area (Å²) in [4.78, 5) is 25.7. The molecule has 0 aromatic heterocycles. The van der Waals surface area contributed by atoms with Gasteiger partial charge in [-0.3, -0.25) is 0 Å². The minimum atomic E-state index is -2.73. The normalized spacial score (nSPS) is 13.7. The van der Waals surface area contributed by atoms with E-state index in [1.807, 2.05) is 30.3 Å². The van der Waals surface area contributed by atoms with E-state index in [2.05, 4.69) is 33.0 Å². The minimum absolute atomic E-state index is 0.188. The molecule has 1 atom stereocenters. The average Bonchev–Trinajstić information content (AvgIpc) is 2.79. The summed E-state index contributed by atoms with van der Waals surface area (Å²) in [6.45, 7) is 7.65. The third-order valence-electron chi connectivity index (χ3n) is 6.60. The van der Waals surface area contributed by atoms with Crippen molar-refractivity contribution in [1.29, 1.82) is 0 Å². The number of unbranched alkanes of at least 4 members (excludes halogenated alkanes) is 4. The predicted molar refractivity (Wildman–Crippen MR) is 140 cm³/mol. The molecule has 0 heterocycles. The molecule has 1 aromatic carbocycles. The van der Waals surface area contributed by atoms with Crippen LogP contribution < -0.4 is 5.32 Å². The van der Waals surface area contributed by atoms with Crippen molar-refractivity contribution in [3.8, 4) is 0 Å². The molecule has 0 unspecified atom stereocenters. The molecule has 0 aliphatic carbocycles. The van der Waals surface area contributed by atoms with E-state index in [0.29, 0.717) is 6.42 Å². The number of benzene rings is 1. The molecule has 1 aromatic rings. The molecule has 1 N–H and O–H groups in total. The maximum absolute atomic E-state index is 13.8. The van der Waals surface area contributed by atoms with E-state index in [4.69, 9.17) is 4.52 Å². The Morgan fingerprint density at radius 1 is 0.812 bits per heavy atom. The Kier molecular flexibility index (Phi) is 13.1. The van der Waals surface area contributed by atoms with Gasteiger partial charge in [-0.15, -0.1) is 0 Å². The van der Waals surface area contributed by atoms with Gasteiger partial charge < -0.3 is 0 Å². The van der Waals surface area contributed by atoms with Gasteiger partial charge in [0, 0.05) is 0 Å². The Labute approximate surface area is 197 Å². The summed E-state index contributed by atoms with van der Waals surface area (Å²) in [6, 6.07) is 9.27. The Balaban J connectivity index is 3.35. The van der Waals surface area contributed by atoms with E-state index in [1.54, 1.807) is 0 Å². The van der Waals surface area contributed by atoms with E-state index in [9.17, 15) is 9.59 Å². The summed E-state index contributed by atoms with van der Waals surface area (Å²) in [5, 5.41) is 2.90. The fraction of sp³-hybridized carbons (Fsp3) is 0.704. The Hall–Kier alpha value is -1.41. The number of nitrogens with one attached hydrogen (secondary N) is 1. The standard InChI is InChI=1S/C27H48NO3P/c1-6-10-19-32(20-11-7-2,21-12-8-3,22-13-9-4)31-27(30)26(28-24(5)29)23-25-17-15-14-16-18-25/h14-18,26H,6-13,19-23H2,1-5H3,(H,28,29)/t26-/m1/s1. The van der Waals surface area contributed by atoms with E-state index >= 15 is 0 Å². The molecule has 0 aliphatic rings. The third kappa shape index (κ3) is 9.22.